The standard InChI is InChI=1S/C5H8Cl2S/c6-5(7)3-4(5)1-2-8/h4,8H,1-3H2. The molecule has 1 rings (SSSR count). The van der Waals surface area contributed by atoms with Gasteiger partial charge >= 0.3 is 0 Å². The molecule has 8 heavy (non-hydrogen) atoms. The van der Waals surface area contributed by atoms with Crippen LogP contribution in [0.3, 0.4) is 0 Å². The fourth-order valence-electron chi connectivity index (χ4n) is 0.739. The Morgan fingerprint density at radius 2 is 2.12 bits per heavy atom. The first kappa shape index (κ1) is 7.04. The Morgan fingerprint density at radius 1 is 1.62 bits per heavy atom. The van der Waals surface area contributed by atoms with Gasteiger partial charge in [0.2, 0.25) is 0 Å². The molecule has 0 aliphatic heterocycles. The zero-order valence-corrected chi connectivity index (χ0v) is 6.81. The van der Waals surface area contributed by atoms with E-state index in [1.807, 2.05) is 0 Å². The van der Waals surface area contributed by atoms with Crippen molar-refractivity contribution in [1.29, 1.82) is 0 Å². The molecule has 1 atom stereocenters. The van der Waals surface area contributed by atoms with Crippen molar-refractivity contribution >= 4 is 35.8 Å². The molecule has 3 heteroatoms. The Hall–Kier alpha value is 0.930. The summed E-state index contributed by atoms with van der Waals surface area (Å²) >= 11 is 15.5. The van der Waals surface area contributed by atoms with Crippen LogP contribution in [0.25, 0.3) is 0 Å². The summed E-state index contributed by atoms with van der Waals surface area (Å²) in [7, 11) is 0. The van der Waals surface area contributed by atoms with E-state index in [4.69, 9.17) is 23.2 Å². The van der Waals surface area contributed by atoms with Gasteiger partial charge in [-0.15, -0.1) is 23.2 Å². The van der Waals surface area contributed by atoms with E-state index in [0.717, 1.165) is 18.6 Å². The Bertz CT molecular complexity index is 92.4. The molecule has 0 heterocycles. The fraction of sp³-hybridized carbons (Fsp3) is 1.00. The Labute approximate surface area is 65.0 Å². The average molecular weight is 171 g/mol. The van der Waals surface area contributed by atoms with E-state index in [1.165, 1.54) is 0 Å². The van der Waals surface area contributed by atoms with Gasteiger partial charge in [-0.05, 0) is 24.5 Å². The van der Waals surface area contributed by atoms with E-state index >= 15 is 0 Å². The second-order valence-electron chi connectivity index (χ2n) is 2.17. The van der Waals surface area contributed by atoms with Crippen LogP contribution in [0.15, 0.2) is 0 Å². The van der Waals surface area contributed by atoms with E-state index in [0.29, 0.717) is 5.92 Å². The zero-order valence-electron chi connectivity index (χ0n) is 4.40. The molecule has 0 bridgehead atoms. The van der Waals surface area contributed by atoms with Crippen molar-refractivity contribution in [2.75, 3.05) is 5.75 Å². The quantitative estimate of drug-likeness (QED) is 0.479. The van der Waals surface area contributed by atoms with E-state index in [9.17, 15) is 0 Å². The third kappa shape index (κ3) is 1.46. The third-order valence-corrected chi connectivity index (χ3v) is 2.62. The number of hydrogen-bond acceptors (Lipinski definition) is 1. The highest BCUT2D eigenvalue weighted by molar-refractivity contribution is 7.80. The average Bonchev–Trinajstić information content (AvgIpc) is 2.15. The smallest absolute Gasteiger partial charge is 0.121 e. The van der Waals surface area contributed by atoms with E-state index < -0.39 is 0 Å². The van der Waals surface area contributed by atoms with Gasteiger partial charge in [-0.25, -0.2) is 0 Å². The molecule has 0 spiro atoms. The van der Waals surface area contributed by atoms with Gasteiger partial charge in [0.15, 0.2) is 0 Å². The number of halogens is 2. The van der Waals surface area contributed by atoms with Crippen LogP contribution >= 0.6 is 35.8 Å². The number of alkyl halides is 2. The molecule has 1 saturated carbocycles. The van der Waals surface area contributed by atoms with Crippen molar-refractivity contribution in [3.8, 4) is 0 Å². The van der Waals surface area contributed by atoms with Gasteiger partial charge < -0.3 is 0 Å². The highest BCUT2D eigenvalue weighted by atomic mass is 35.5. The van der Waals surface area contributed by atoms with Gasteiger partial charge in [0.25, 0.3) is 0 Å². The number of thiol groups is 1. The first-order chi connectivity index (χ1) is 3.67. The van der Waals surface area contributed by atoms with Crippen molar-refractivity contribution in [3.05, 3.63) is 0 Å². The first-order valence-corrected chi connectivity index (χ1v) is 4.04. The summed E-state index contributed by atoms with van der Waals surface area (Å²) in [5, 5.41) is 0. The van der Waals surface area contributed by atoms with Gasteiger partial charge in [-0.2, -0.15) is 12.6 Å². The molecule has 1 aliphatic rings. The lowest BCUT2D eigenvalue weighted by molar-refractivity contribution is 0.799. The zero-order chi connectivity index (χ0) is 6.20. The molecule has 0 amide bonds. The van der Waals surface area contributed by atoms with Gasteiger partial charge in [-0.1, -0.05) is 0 Å². The molecule has 0 aromatic rings. The Balaban J connectivity index is 2.17. The number of rotatable bonds is 2. The molecule has 1 unspecified atom stereocenters. The van der Waals surface area contributed by atoms with Crippen molar-refractivity contribution < 1.29 is 0 Å². The molecule has 0 saturated heterocycles. The molecule has 0 radical (unpaired) electrons. The summed E-state index contributed by atoms with van der Waals surface area (Å²) in [5.74, 6) is 1.41. The lowest BCUT2D eigenvalue weighted by atomic mass is 10.3. The molecule has 0 nitrogen and oxygen atoms in total. The molecule has 1 aliphatic carbocycles. The topological polar surface area (TPSA) is 0 Å². The van der Waals surface area contributed by atoms with E-state index in [1.54, 1.807) is 0 Å². The Kier molecular flexibility index (Phi) is 2.01. The van der Waals surface area contributed by atoms with Crippen LogP contribution in [0.2, 0.25) is 0 Å². The van der Waals surface area contributed by atoms with Crippen LogP contribution in [0.4, 0.5) is 0 Å². The van der Waals surface area contributed by atoms with Gasteiger partial charge in [-0.3, -0.25) is 0 Å². The largest absolute Gasteiger partial charge is 0.179 e. The second kappa shape index (κ2) is 2.28. The van der Waals surface area contributed by atoms with Crippen molar-refractivity contribution in [2.24, 2.45) is 5.92 Å². The minimum Gasteiger partial charge on any atom is -0.179 e. The van der Waals surface area contributed by atoms with Crippen LogP contribution < -0.4 is 0 Å². The molecule has 0 N–H and O–H groups in total. The van der Waals surface area contributed by atoms with Crippen LogP contribution in [-0.2, 0) is 0 Å². The second-order valence-corrected chi connectivity index (χ2v) is 4.16. The van der Waals surface area contributed by atoms with Gasteiger partial charge in [0, 0.05) is 0 Å². The van der Waals surface area contributed by atoms with Gasteiger partial charge in [0.1, 0.15) is 4.33 Å². The third-order valence-electron chi connectivity index (χ3n) is 1.43. The SMILES string of the molecule is SCCC1CC1(Cl)Cl. The van der Waals surface area contributed by atoms with Crippen LogP contribution in [0, 0.1) is 5.92 Å². The molecular formula is C5H8Cl2S. The minimum absolute atomic E-state index is 0.386. The normalized spacial score (nSPS) is 32.6. The van der Waals surface area contributed by atoms with E-state index in [-0.39, 0.29) is 4.33 Å². The summed E-state index contributed by atoms with van der Waals surface area (Å²) < 4.78 is -0.386. The molecule has 0 aromatic carbocycles. The number of hydrogen-bond donors (Lipinski definition) is 1. The molecule has 48 valence electrons. The molecule has 0 aromatic heterocycles. The predicted octanol–water partition coefficient (Wildman–Crippen LogP) is 2.50. The lowest BCUT2D eigenvalue weighted by Gasteiger charge is -1.93. The monoisotopic (exact) mass is 170 g/mol. The Morgan fingerprint density at radius 3 is 2.25 bits per heavy atom. The highest BCUT2D eigenvalue weighted by Gasteiger charge is 2.50. The van der Waals surface area contributed by atoms with E-state index in [2.05, 4.69) is 12.6 Å². The molecule has 1 fully saturated rings. The summed E-state index contributed by atoms with van der Waals surface area (Å²) in [5.41, 5.74) is 0. The maximum atomic E-state index is 5.72. The highest BCUT2D eigenvalue weighted by Crippen LogP contribution is 2.54. The minimum atomic E-state index is -0.386. The summed E-state index contributed by atoms with van der Waals surface area (Å²) in [6.45, 7) is 0. The molecular weight excluding hydrogens is 163 g/mol. The van der Waals surface area contributed by atoms with Crippen LogP contribution in [-0.4, -0.2) is 10.1 Å². The van der Waals surface area contributed by atoms with Crippen molar-refractivity contribution in [3.63, 3.8) is 0 Å². The first-order valence-electron chi connectivity index (χ1n) is 2.65. The maximum Gasteiger partial charge on any atom is 0.121 e. The maximum absolute atomic E-state index is 5.72. The summed E-state index contributed by atoms with van der Waals surface area (Å²) in [6.07, 6.45) is 2.01. The predicted molar refractivity (Wildman–Crippen MR) is 41.0 cm³/mol. The van der Waals surface area contributed by atoms with Crippen molar-refractivity contribution in [1.82, 2.24) is 0 Å². The summed E-state index contributed by atoms with van der Waals surface area (Å²) in [4.78, 5) is 0. The van der Waals surface area contributed by atoms with Crippen molar-refractivity contribution in [2.45, 2.75) is 17.2 Å². The van der Waals surface area contributed by atoms with Crippen LogP contribution in [0.5, 0.6) is 0 Å². The van der Waals surface area contributed by atoms with Crippen LogP contribution in [0.1, 0.15) is 12.8 Å². The summed E-state index contributed by atoms with van der Waals surface area (Å²) in [6, 6.07) is 0. The fourth-order valence-corrected chi connectivity index (χ4v) is 1.64. The lowest BCUT2D eigenvalue weighted by Crippen LogP contribution is -1.89. The van der Waals surface area contributed by atoms with Gasteiger partial charge in [0.05, 0.1) is 0 Å².